The Hall–Kier alpha value is -1.84. The molecular formula is C13H16FN3. The van der Waals surface area contributed by atoms with Crippen molar-refractivity contribution in [3.8, 4) is 0 Å². The molecule has 1 unspecified atom stereocenters. The van der Waals surface area contributed by atoms with Crippen LogP contribution in [-0.2, 0) is 7.05 Å². The third-order valence-corrected chi connectivity index (χ3v) is 2.80. The van der Waals surface area contributed by atoms with Crippen LogP contribution < -0.4 is 5.32 Å². The van der Waals surface area contributed by atoms with Gasteiger partial charge in [0.1, 0.15) is 5.82 Å². The minimum atomic E-state index is -0.223. The van der Waals surface area contributed by atoms with E-state index in [1.54, 1.807) is 16.9 Å². The molecule has 0 aliphatic rings. The number of anilines is 1. The highest BCUT2D eigenvalue weighted by Crippen LogP contribution is 2.21. The Morgan fingerprint density at radius 3 is 2.71 bits per heavy atom. The molecule has 0 saturated carbocycles. The summed E-state index contributed by atoms with van der Waals surface area (Å²) in [5.41, 5.74) is 2.45. The van der Waals surface area contributed by atoms with Gasteiger partial charge in [0.15, 0.2) is 0 Å². The highest BCUT2D eigenvalue weighted by atomic mass is 19.1. The van der Waals surface area contributed by atoms with E-state index in [-0.39, 0.29) is 11.9 Å². The highest BCUT2D eigenvalue weighted by molar-refractivity contribution is 5.47. The highest BCUT2D eigenvalue weighted by Gasteiger charge is 2.11. The van der Waals surface area contributed by atoms with Gasteiger partial charge in [-0.15, -0.1) is 0 Å². The molecule has 0 fully saturated rings. The molecular weight excluding hydrogens is 217 g/mol. The van der Waals surface area contributed by atoms with Crippen molar-refractivity contribution >= 4 is 5.69 Å². The molecule has 3 nitrogen and oxygen atoms in total. The number of rotatable bonds is 3. The zero-order valence-electron chi connectivity index (χ0n) is 10.2. The quantitative estimate of drug-likeness (QED) is 0.883. The van der Waals surface area contributed by atoms with Gasteiger partial charge in [0.2, 0.25) is 0 Å². The first-order chi connectivity index (χ1) is 8.08. The molecule has 4 heteroatoms. The molecule has 1 heterocycles. The van der Waals surface area contributed by atoms with E-state index in [0.717, 1.165) is 11.3 Å². The summed E-state index contributed by atoms with van der Waals surface area (Å²) in [7, 11) is 1.87. The number of nitrogens with zero attached hydrogens (tertiary/aromatic N) is 2. The maximum atomic E-state index is 13.7. The van der Waals surface area contributed by atoms with Gasteiger partial charge in [0, 0.05) is 13.2 Å². The number of hydrogen-bond donors (Lipinski definition) is 1. The average molecular weight is 233 g/mol. The zero-order valence-corrected chi connectivity index (χ0v) is 10.2. The van der Waals surface area contributed by atoms with Gasteiger partial charge in [-0.1, -0.05) is 6.07 Å². The summed E-state index contributed by atoms with van der Waals surface area (Å²) < 4.78 is 15.4. The molecule has 1 aromatic carbocycles. The number of nitrogens with one attached hydrogen (secondary N) is 1. The van der Waals surface area contributed by atoms with E-state index >= 15 is 0 Å². The Kier molecular flexibility index (Phi) is 3.13. The molecule has 0 spiro atoms. The van der Waals surface area contributed by atoms with Crippen LogP contribution in [-0.4, -0.2) is 9.78 Å². The van der Waals surface area contributed by atoms with E-state index in [0.29, 0.717) is 5.69 Å². The fraction of sp³-hybridized carbons (Fsp3) is 0.308. The lowest BCUT2D eigenvalue weighted by molar-refractivity contribution is 0.621. The van der Waals surface area contributed by atoms with E-state index < -0.39 is 0 Å². The predicted molar refractivity (Wildman–Crippen MR) is 66.4 cm³/mol. The monoisotopic (exact) mass is 233 g/mol. The first-order valence-corrected chi connectivity index (χ1v) is 5.58. The standard InChI is InChI=1S/C13H16FN3/c1-9-4-5-12(11(14)8-9)16-10(2)13-6-7-15-17(13)3/h4-8,10,16H,1-3H3. The van der Waals surface area contributed by atoms with Crippen LogP contribution in [0.1, 0.15) is 24.2 Å². The number of aryl methyl sites for hydroxylation is 2. The zero-order chi connectivity index (χ0) is 12.4. The Balaban J connectivity index is 2.19. The number of benzene rings is 1. The second-order valence-electron chi connectivity index (χ2n) is 4.23. The third kappa shape index (κ3) is 2.46. The van der Waals surface area contributed by atoms with E-state index in [4.69, 9.17) is 0 Å². The van der Waals surface area contributed by atoms with Gasteiger partial charge in [0.05, 0.1) is 17.4 Å². The summed E-state index contributed by atoms with van der Waals surface area (Å²) in [4.78, 5) is 0. The minimum absolute atomic E-state index is 0.0136. The molecule has 0 amide bonds. The Labute approximate surface area is 100 Å². The Morgan fingerprint density at radius 2 is 2.12 bits per heavy atom. The Morgan fingerprint density at radius 1 is 1.35 bits per heavy atom. The predicted octanol–water partition coefficient (Wildman–Crippen LogP) is 3.04. The van der Waals surface area contributed by atoms with Crippen molar-refractivity contribution in [1.82, 2.24) is 9.78 Å². The number of halogens is 1. The van der Waals surface area contributed by atoms with Crippen LogP contribution in [0.25, 0.3) is 0 Å². The van der Waals surface area contributed by atoms with Gasteiger partial charge in [0.25, 0.3) is 0 Å². The molecule has 0 bridgehead atoms. The maximum absolute atomic E-state index is 13.7. The van der Waals surface area contributed by atoms with E-state index in [2.05, 4.69) is 10.4 Å². The smallest absolute Gasteiger partial charge is 0.146 e. The molecule has 1 aromatic heterocycles. The molecule has 2 aromatic rings. The van der Waals surface area contributed by atoms with Gasteiger partial charge in [-0.3, -0.25) is 4.68 Å². The van der Waals surface area contributed by atoms with E-state index in [9.17, 15) is 4.39 Å². The average Bonchev–Trinajstić information content (AvgIpc) is 2.68. The van der Waals surface area contributed by atoms with Crippen molar-refractivity contribution in [2.75, 3.05) is 5.32 Å². The fourth-order valence-electron chi connectivity index (χ4n) is 1.85. The topological polar surface area (TPSA) is 29.9 Å². The van der Waals surface area contributed by atoms with Gasteiger partial charge in [-0.25, -0.2) is 4.39 Å². The van der Waals surface area contributed by atoms with Crippen LogP contribution in [0.4, 0.5) is 10.1 Å². The lowest BCUT2D eigenvalue weighted by Crippen LogP contribution is -2.12. The summed E-state index contributed by atoms with van der Waals surface area (Å²) in [6.45, 7) is 3.85. The van der Waals surface area contributed by atoms with E-state index in [1.165, 1.54) is 6.07 Å². The van der Waals surface area contributed by atoms with Crippen molar-refractivity contribution in [2.45, 2.75) is 19.9 Å². The van der Waals surface area contributed by atoms with Crippen molar-refractivity contribution in [3.63, 3.8) is 0 Å². The summed E-state index contributed by atoms with van der Waals surface area (Å²) in [5.74, 6) is -0.223. The molecule has 0 aliphatic heterocycles. The van der Waals surface area contributed by atoms with Gasteiger partial charge in [-0.05, 0) is 37.6 Å². The maximum Gasteiger partial charge on any atom is 0.146 e. The van der Waals surface area contributed by atoms with Crippen molar-refractivity contribution < 1.29 is 4.39 Å². The molecule has 1 atom stereocenters. The summed E-state index contributed by atoms with van der Waals surface area (Å²) in [5, 5.41) is 7.24. The van der Waals surface area contributed by atoms with Crippen LogP contribution in [0, 0.1) is 12.7 Å². The van der Waals surface area contributed by atoms with Crippen molar-refractivity contribution in [1.29, 1.82) is 0 Å². The van der Waals surface area contributed by atoms with Crippen LogP contribution in [0.2, 0.25) is 0 Å². The molecule has 1 N–H and O–H groups in total. The molecule has 0 radical (unpaired) electrons. The fourth-order valence-corrected chi connectivity index (χ4v) is 1.85. The number of aromatic nitrogens is 2. The van der Waals surface area contributed by atoms with E-state index in [1.807, 2.05) is 33.0 Å². The third-order valence-electron chi connectivity index (χ3n) is 2.80. The molecule has 90 valence electrons. The SMILES string of the molecule is Cc1ccc(NC(C)c2ccnn2C)c(F)c1. The van der Waals surface area contributed by atoms with Crippen molar-refractivity contribution in [2.24, 2.45) is 7.05 Å². The molecule has 2 rings (SSSR count). The molecule has 0 saturated heterocycles. The summed E-state index contributed by atoms with van der Waals surface area (Å²) in [6.07, 6.45) is 1.74. The number of hydrogen-bond acceptors (Lipinski definition) is 2. The molecule has 0 aliphatic carbocycles. The second-order valence-corrected chi connectivity index (χ2v) is 4.23. The Bertz CT molecular complexity index is 519. The van der Waals surface area contributed by atoms with Crippen LogP contribution in [0.3, 0.4) is 0 Å². The van der Waals surface area contributed by atoms with Gasteiger partial charge < -0.3 is 5.32 Å². The first-order valence-electron chi connectivity index (χ1n) is 5.58. The lowest BCUT2D eigenvalue weighted by atomic mass is 10.2. The second kappa shape index (κ2) is 4.57. The lowest BCUT2D eigenvalue weighted by Gasteiger charge is -2.16. The first kappa shape index (κ1) is 11.6. The van der Waals surface area contributed by atoms with Crippen LogP contribution in [0.5, 0.6) is 0 Å². The molecule has 17 heavy (non-hydrogen) atoms. The van der Waals surface area contributed by atoms with Crippen LogP contribution >= 0.6 is 0 Å². The van der Waals surface area contributed by atoms with Crippen molar-refractivity contribution in [3.05, 3.63) is 47.5 Å². The summed E-state index contributed by atoms with van der Waals surface area (Å²) >= 11 is 0. The largest absolute Gasteiger partial charge is 0.375 e. The normalized spacial score (nSPS) is 12.5. The summed E-state index contributed by atoms with van der Waals surface area (Å²) in [6, 6.07) is 7.11. The van der Waals surface area contributed by atoms with Crippen LogP contribution in [0.15, 0.2) is 30.5 Å². The minimum Gasteiger partial charge on any atom is -0.375 e. The van der Waals surface area contributed by atoms with Gasteiger partial charge in [-0.2, -0.15) is 5.10 Å². The van der Waals surface area contributed by atoms with Gasteiger partial charge >= 0.3 is 0 Å².